The zero-order valence-corrected chi connectivity index (χ0v) is 11.6. The summed E-state index contributed by atoms with van der Waals surface area (Å²) in [6.45, 7) is 6.39. The third-order valence-corrected chi connectivity index (χ3v) is 2.95. The number of ether oxygens (including phenoxy) is 1. The fourth-order valence-corrected chi connectivity index (χ4v) is 1.92. The topological polar surface area (TPSA) is 61.3 Å². The second kappa shape index (κ2) is 4.84. The van der Waals surface area contributed by atoms with Crippen LogP contribution in [0, 0.1) is 0 Å². The summed E-state index contributed by atoms with van der Waals surface area (Å²) < 4.78 is 5.81. The number of nitrogens with two attached hydrogens (primary N) is 2. The first-order valence-electron chi connectivity index (χ1n) is 6.29. The molecular weight excluding hydrogens is 236 g/mol. The van der Waals surface area contributed by atoms with E-state index in [0.29, 0.717) is 0 Å². The molecule has 0 aliphatic rings. The van der Waals surface area contributed by atoms with Crippen LogP contribution in [0.1, 0.15) is 26.3 Å². The molecule has 2 aromatic carbocycles. The Morgan fingerprint density at radius 2 is 1.42 bits per heavy atom. The summed E-state index contributed by atoms with van der Waals surface area (Å²) in [5, 5.41) is 0. The second-order valence-electron chi connectivity index (χ2n) is 5.67. The summed E-state index contributed by atoms with van der Waals surface area (Å²) in [5.41, 5.74) is 14.3. The van der Waals surface area contributed by atoms with Crippen molar-refractivity contribution >= 4 is 11.4 Å². The Kier molecular flexibility index (Phi) is 3.38. The van der Waals surface area contributed by atoms with Crippen LogP contribution >= 0.6 is 0 Å². The summed E-state index contributed by atoms with van der Waals surface area (Å²) >= 11 is 0. The molecule has 0 amide bonds. The molecule has 0 saturated carbocycles. The molecule has 3 heteroatoms. The van der Waals surface area contributed by atoms with Gasteiger partial charge in [-0.05, 0) is 53.4 Å². The molecule has 2 rings (SSSR count). The van der Waals surface area contributed by atoms with Crippen LogP contribution in [-0.2, 0) is 5.41 Å². The summed E-state index contributed by atoms with van der Waals surface area (Å²) in [6.07, 6.45) is 0. The number of hydrogen-bond donors (Lipinski definition) is 2. The largest absolute Gasteiger partial charge is 0.457 e. The molecule has 0 aliphatic heterocycles. The molecule has 0 atom stereocenters. The van der Waals surface area contributed by atoms with Gasteiger partial charge in [0.15, 0.2) is 0 Å². The molecule has 0 radical (unpaired) electrons. The van der Waals surface area contributed by atoms with Gasteiger partial charge in [0.1, 0.15) is 11.5 Å². The lowest BCUT2D eigenvalue weighted by Gasteiger charge is -2.22. The highest BCUT2D eigenvalue weighted by Gasteiger charge is 2.17. The monoisotopic (exact) mass is 256 g/mol. The molecule has 4 N–H and O–H groups in total. The van der Waals surface area contributed by atoms with Gasteiger partial charge in [-0.15, -0.1) is 0 Å². The molecule has 0 bridgehead atoms. The van der Waals surface area contributed by atoms with E-state index in [1.807, 2.05) is 42.5 Å². The van der Waals surface area contributed by atoms with E-state index in [0.717, 1.165) is 28.4 Å². The zero-order chi connectivity index (χ0) is 14.0. The first-order chi connectivity index (χ1) is 8.86. The first kappa shape index (κ1) is 13.3. The molecule has 100 valence electrons. The van der Waals surface area contributed by atoms with Crippen LogP contribution in [0.25, 0.3) is 0 Å². The maximum Gasteiger partial charge on any atom is 0.127 e. The van der Waals surface area contributed by atoms with Crippen molar-refractivity contribution in [3.8, 4) is 11.5 Å². The Morgan fingerprint density at radius 3 is 2.00 bits per heavy atom. The number of nitrogen functional groups attached to an aromatic ring is 2. The van der Waals surface area contributed by atoms with E-state index in [9.17, 15) is 0 Å². The van der Waals surface area contributed by atoms with Crippen molar-refractivity contribution in [2.24, 2.45) is 0 Å². The molecule has 3 nitrogen and oxygen atoms in total. The van der Waals surface area contributed by atoms with E-state index in [1.165, 1.54) is 0 Å². The third-order valence-electron chi connectivity index (χ3n) is 2.95. The average Bonchev–Trinajstić information content (AvgIpc) is 2.33. The minimum atomic E-state index is -0.00936. The first-order valence-corrected chi connectivity index (χ1v) is 6.29. The lowest BCUT2D eigenvalue weighted by Crippen LogP contribution is -2.13. The van der Waals surface area contributed by atoms with Crippen LogP contribution in [0.15, 0.2) is 42.5 Å². The maximum atomic E-state index is 6.02. The van der Waals surface area contributed by atoms with Crippen molar-refractivity contribution in [1.82, 2.24) is 0 Å². The van der Waals surface area contributed by atoms with Gasteiger partial charge in [0.2, 0.25) is 0 Å². The van der Waals surface area contributed by atoms with Gasteiger partial charge in [-0.3, -0.25) is 0 Å². The number of benzene rings is 2. The quantitative estimate of drug-likeness (QED) is 0.800. The highest BCUT2D eigenvalue weighted by molar-refractivity contribution is 5.54. The zero-order valence-electron chi connectivity index (χ0n) is 11.6. The SMILES string of the molecule is CC(C)(C)c1cc(Oc2ccc(N)cc2)ccc1N. The Morgan fingerprint density at radius 1 is 0.842 bits per heavy atom. The summed E-state index contributed by atoms with van der Waals surface area (Å²) in [5.74, 6) is 1.54. The van der Waals surface area contributed by atoms with E-state index in [4.69, 9.17) is 16.2 Å². The summed E-state index contributed by atoms with van der Waals surface area (Å²) in [6, 6.07) is 13.1. The molecule has 0 fully saturated rings. The van der Waals surface area contributed by atoms with E-state index < -0.39 is 0 Å². The predicted molar refractivity (Wildman–Crippen MR) is 80.5 cm³/mol. The molecule has 0 unspecified atom stereocenters. The van der Waals surface area contributed by atoms with Crippen molar-refractivity contribution in [2.75, 3.05) is 11.5 Å². The van der Waals surface area contributed by atoms with E-state index >= 15 is 0 Å². The van der Waals surface area contributed by atoms with Gasteiger partial charge in [-0.2, -0.15) is 0 Å². The van der Waals surface area contributed by atoms with Gasteiger partial charge in [-0.25, -0.2) is 0 Å². The lowest BCUT2D eigenvalue weighted by molar-refractivity contribution is 0.479. The van der Waals surface area contributed by atoms with Gasteiger partial charge in [0.25, 0.3) is 0 Å². The lowest BCUT2D eigenvalue weighted by atomic mass is 9.86. The number of anilines is 2. The summed E-state index contributed by atoms with van der Waals surface area (Å²) in [4.78, 5) is 0. The fourth-order valence-electron chi connectivity index (χ4n) is 1.92. The number of hydrogen-bond acceptors (Lipinski definition) is 3. The van der Waals surface area contributed by atoms with Crippen molar-refractivity contribution in [2.45, 2.75) is 26.2 Å². The standard InChI is InChI=1S/C16H20N2O/c1-16(2,3)14-10-13(8-9-15(14)18)19-12-6-4-11(17)5-7-12/h4-10H,17-18H2,1-3H3. The van der Waals surface area contributed by atoms with Crippen molar-refractivity contribution in [3.63, 3.8) is 0 Å². The predicted octanol–water partition coefficient (Wildman–Crippen LogP) is 3.94. The van der Waals surface area contributed by atoms with E-state index in [-0.39, 0.29) is 5.41 Å². The van der Waals surface area contributed by atoms with Crippen LogP contribution in [0.2, 0.25) is 0 Å². The van der Waals surface area contributed by atoms with Gasteiger partial charge >= 0.3 is 0 Å². The number of rotatable bonds is 2. The van der Waals surface area contributed by atoms with Crippen LogP contribution in [-0.4, -0.2) is 0 Å². The Bertz CT molecular complexity index is 568. The van der Waals surface area contributed by atoms with Gasteiger partial charge in [0.05, 0.1) is 0 Å². The molecule has 0 spiro atoms. The average molecular weight is 256 g/mol. The second-order valence-corrected chi connectivity index (χ2v) is 5.67. The minimum absolute atomic E-state index is 0.00936. The van der Waals surface area contributed by atoms with Crippen LogP contribution in [0.4, 0.5) is 11.4 Å². The Labute approximate surface area is 114 Å². The molecule has 0 aromatic heterocycles. The summed E-state index contributed by atoms with van der Waals surface area (Å²) in [7, 11) is 0. The van der Waals surface area contributed by atoms with E-state index in [1.54, 1.807) is 0 Å². The molecular formula is C16H20N2O. The third kappa shape index (κ3) is 3.19. The molecule has 2 aromatic rings. The fraction of sp³-hybridized carbons (Fsp3) is 0.250. The molecule has 0 heterocycles. The highest BCUT2D eigenvalue weighted by Crippen LogP contribution is 2.32. The Balaban J connectivity index is 2.29. The molecule has 19 heavy (non-hydrogen) atoms. The minimum Gasteiger partial charge on any atom is -0.457 e. The van der Waals surface area contributed by atoms with Crippen LogP contribution < -0.4 is 16.2 Å². The van der Waals surface area contributed by atoms with Crippen molar-refractivity contribution in [3.05, 3.63) is 48.0 Å². The van der Waals surface area contributed by atoms with Crippen molar-refractivity contribution in [1.29, 1.82) is 0 Å². The normalized spacial score (nSPS) is 11.3. The van der Waals surface area contributed by atoms with Gasteiger partial charge in [-0.1, -0.05) is 20.8 Å². The molecule has 0 saturated heterocycles. The van der Waals surface area contributed by atoms with Gasteiger partial charge in [0, 0.05) is 11.4 Å². The van der Waals surface area contributed by atoms with Crippen LogP contribution in [0.5, 0.6) is 11.5 Å². The van der Waals surface area contributed by atoms with E-state index in [2.05, 4.69) is 20.8 Å². The van der Waals surface area contributed by atoms with Gasteiger partial charge < -0.3 is 16.2 Å². The van der Waals surface area contributed by atoms with Crippen LogP contribution in [0.3, 0.4) is 0 Å². The highest BCUT2D eigenvalue weighted by atomic mass is 16.5. The Hall–Kier alpha value is -2.16. The smallest absolute Gasteiger partial charge is 0.127 e. The molecule has 0 aliphatic carbocycles. The van der Waals surface area contributed by atoms with Crippen molar-refractivity contribution < 1.29 is 4.74 Å². The maximum absolute atomic E-state index is 6.02.